The minimum Gasteiger partial charge on any atom is -0.307 e. The number of amides is 1. The van der Waals surface area contributed by atoms with Gasteiger partial charge in [-0.05, 0) is 69.3 Å². The second-order valence-electron chi connectivity index (χ2n) is 7.05. The van der Waals surface area contributed by atoms with E-state index in [1.807, 2.05) is 63.4 Å². The summed E-state index contributed by atoms with van der Waals surface area (Å²) in [5.41, 5.74) is 4.58. The molecule has 0 spiro atoms. The van der Waals surface area contributed by atoms with Crippen molar-refractivity contribution in [2.75, 3.05) is 12.4 Å². The zero-order valence-electron chi connectivity index (χ0n) is 16.7. The minimum absolute atomic E-state index is 0.139. The molecule has 1 unspecified atom stereocenters. The largest absolute Gasteiger partial charge is 0.307 e. The van der Waals surface area contributed by atoms with E-state index in [2.05, 4.69) is 32.1 Å². The van der Waals surface area contributed by atoms with Crippen LogP contribution in [0.5, 0.6) is 0 Å². The third kappa shape index (κ3) is 4.98. The van der Waals surface area contributed by atoms with Crippen LogP contribution >= 0.6 is 0 Å². The number of benzene rings is 1. The summed E-state index contributed by atoms with van der Waals surface area (Å²) in [5.74, 6) is 0.410. The molecular weight excluding hydrogens is 350 g/mol. The van der Waals surface area contributed by atoms with Crippen molar-refractivity contribution in [1.29, 1.82) is 0 Å². The number of carbonyl (C=O) groups is 1. The van der Waals surface area contributed by atoms with E-state index in [9.17, 15) is 4.79 Å². The summed E-state index contributed by atoms with van der Waals surface area (Å²) in [7, 11) is 2.04. The molecule has 6 heteroatoms. The molecule has 0 bridgehead atoms. The Morgan fingerprint density at radius 2 is 2.00 bits per heavy atom. The van der Waals surface area contributed by atoms with Crippen LogP contribution in [0.4, 0.5) is 5.82 Å². The van der Waals surface area contributed by atoms with Crippen LogP contribution in [0, 0.1) is 13.8 Å². The Balaban J connectivity index is 1.70. The summed E-state index contributed by atoms with van der Waals surface area (Å²) < 4.78 is 0. The predicted octanol–water partition coefficient (Wildman–Crippen LogP) is 3.93. The van der Waals surface area contributed by atoms with E-state index in [4.69, 9.17) is 0 Å². The normalized spacial score (nSPS) is 12.0. The van der Waals surface area contributed by atoms with Gasteiger partial charge in [0.25, 0.3) is 5.91 Å². The quantitative estimate of drug-likeness (QED) is 0.707. The fraction of sp³-hybridized carbons (Fsp3) is 0.273. The molecule has 3 aromatic rings. The lowest BCUT2D eigenvalue weighted by atomic mass is 10.1. The zero-order valence-corrected chi connectivity index (χ0v) is 16.7. The van der Waals surface area contributed by atoms with Crippen LogP contribution in [0.1, 0.15) is 45.8 Å². The molecule has 1 amide bonds. The van der Waals surface area contributed by atoms with E-state index in [1.54, 1.807) is 12.5 Å². The average molecular weight is 375 g/mol. The van der Waals surface area contributed by atoms with Gasteiger partial charge in [0.15, 0.2) is 0 Å². The van der Waals surface area contributed by atoms with E-state index in [0.29, 0.717) is 17.9 Å². The van der Waals surface area contributed by atoms with Gasteiger partial charge in [0.2, 0.25) is 0 Å². The molecular formula is C22H25N5O. The van der Waals surface area contributed by atoms with Crippen LogP contribution in [0.2, 0.25) is 0 Å². The SMILES string of the molecule is Cc1cc(C)nc(NC(=O)c2cccc(CN(C)C(C)c3ccncn3)c2)c1. The van der Waals surface area contributed by atoms with Gasteiger partial charge < -0.3 is 5.32 Å². The number of anilines is 1. The number of carbonyl (C=O) groups excluding carboxylic acids is 1. The molecule has 144 valence electrons. The fourth-order valence-electron chi connectivity index (χ4n) is 3.10. The standard InChI is InChI=1S/C22H25N5O/c1-15-10-16(2)25-21(11-15)26-22(28)19-7-5-6-18(12-19)13-27(4)17(3)20-8-9-23-14-24-20/h5-12,14,17H,13H2,1-4H3,(H,25,26,28). The Morgan fingerprint density at radius 1 is 1.18 bits per heavy atom. The molecule has 1 N–H and O–H groups in total. The van der Waals surface area contributed by atoms with Gasteiger partial charge in [-0.3, -0.25) is 9.69 Å². The average Bonchev–Trinajstić information content (AvgIpc) is 2.67. The Bertz CT molecular complexity index is 938. The van der Waals surface area contributed by atoms with E-state index >= 15 is 0 Å². The van der Waals surface area contributed by atoms with Crippen LogP contribution < -0.4 is 5.32 Å². The highest BCUT2D eigenvalue weighted by atomic mass is 16.1. The van der Waals surface area contributed by atoms with Gasteiger partial charge in [0, 0.05) is 30.0 Å². The van der Waals surface area contributed by atoms with Gasteiger partial charge in [-0.1, -0.05) is 12.1 Å². The second kappa shape index (κ2) is 8.71. The zero-order chi connectivity index (χ0) is 20.1. The molecule has 0 aliphatic heterocycles. The van der Waals surface area contributed by atoms with Crippen LogP contribution in [0.15, 0.2) is 55.0 Å². The first-order valence-corrected chi connectivity index (χ1v) is 9.24. The summed E-state index contributed by atoms with van der Waals surface area (Å²) in [6.07, 6.45) is 3.31. The lowest BCUT2D eigenvalue weighted by molar-refractivity contribution is 0.102. The first-order valence-electron chi connectivity index (χ1n) is 9.24. The first-order chi connectivity index (χ1) is 13.4. The summed E-state index contributed by atoms with van der Waals surface area (Å²) >= 11 is 0. The van der Waals surface area contributed by atoms with Crippen molar-refractivity contribution in [1.82, 2.24) is 19.9 Å². The molecule has 2 heterocycles. The van der Waals surface area contributed by atoms with Gasteiger partial charge in [-0.2, -0.15) is 0 Å². The lowest BCUT2D eigenvalue weighted by Gasteiger charge is -2.24. The Kier molecular flexibility index (Phi) is 6.11. The molecule has 0 saturated heterocycles. The van der Waals surface area contributed by atoms with Crippen LogP contribution in [-0.4, -0.2) is 32.8 Å². The molecule has 28 heavy (non-hydrogen) atoms. The van der Waals surface area contributed by atoms with Crippen molar-refractivity contribution in [3.05, 3.63) is 83.1 Å². The molecule has 0 aliphatic carbocycles. The first kappa shape index (κ1) is 19.6. The highest BCUT2D eigenvalue weighted by molar-refractivity contribution is 6.03. The van der Waals surface area contributed by atoms with E-state index in [0.717, 1.165) is 22.5 Å². The number of hydrogen-bond donors (Lipinski definition) is 1. The van der Waals surface area contributed by atoms with Crippen molar-refractivity contribution in [2.45, 2.75) is 33.4 Å². The van der Waals surface area contributed by atoms with Gasteiger partial charge >= 0.3 is 0 Å². The van der Waals surface area contributed by atoms with Crippen molar-refractivity contribution < 1.29 is 4.79 Å². The summed E-state index contributed by atoms with van der Waals surface area (Å²) in [6.45, 7) is 6.70. The van der Waals surface area contributed by atoms with E-state index in [1.165, 1.54) is 0 Å². The number of aryl methyl sites for hydroxylation is 2. The van der Waals surface area contributed by atoms with Gasteiger partial charge in [-0.15, -0.1) is 0 Å². The highest BCUT2D eigenvalue weighted by Crippen LogP contribution is 2.19. The molecule has 6 nitrogen and oxygen atoms in total. The Hall–Kier alpha value is -3.12. The summed E-state index contributed by atoms with van der Waals surface area (Å²) in [6, 6.07) is 13.6. The highest BCUT2D eigenvalue weighted by Gasteiger charge is 2.14. The number of hydrogen-bond acceptors (Lipinski definition) is 5. The Morgan fingerprint density at radius 3 is 2.71 bits per heavy atom. The predicted molar refractivity (Wildman–Crippen MR) is 110 cm³/mol. The maximum Gasteiger partial charge on any atom is 0.256 e. The number of aromatic nitrogens is 3. The second-order valence-corrected chi connectivity index (χ2v) is 7.05. The molecule has 0 saturated carbocycles. The third-order valence-electron chi connectivity index (χ3n) is 4.65. The molecule has 1 atom stereocenters. The topological polar surface area (TPSA) is 71.0 Å². The smallest absolute Gasteiger partial charge is 0.256 e. The molecule has 3 rings (SSSR count). The molecule has 2 aromatic heterocycles. The maximum absolute atomic E-state index is 12.6. The molecule has 1 aromatic carbocycles. The monoisotopic (exact) mass is 375 g/mol. The van der Waals surface area contributed by atoms with Crippen molar-refractivity contribution in [3.8, 4) is 0 Å². The van der Waals surface area contributed by atoms with Crippen molar-refractivity contribution in [3.63, 3.8) is 0 Å². The van der Waals surface area contributed by atoms with E-state index in [-0.39, 0.29) is 11.9 Å². The lowest BCUT2D eigenvalue weighted by Crippen LogP contribution is -2.23. The van der Waals surface area contributed by atoms with Crippen LogP contribution in [-0.2, 0) is 6.54 Å². The van der Waals surface area contributed by atoms with E-state index < -0.39 is 0 Å². The van der Waals surface area contributed by atoms with Gasteiger partial charge in [0.1, 0.15) is 12.1 Å². The maximum atomic E-state index is 12.6. The van der Waals surface area contributed by atoms with Gasteiger partial charge in [0.05, 0.1) is 5.69 Å². The summed E-state index contributed by atoms with van der Waals surface area (Å²) in [5, 5.41) is 2.89. The summed E-state index contributed by atoms with van der Waals surface area (Å²) in [4.78, 5) is 27.5. The number of nitrogens with zero attached hydrogens (tertiary/aromatic N) is 4. The Labute approximate surface area is 165 Å². The number of rotatable bonds is 6. The van der Waals surface area contributed by atoms with Gasteiger partial charge in [-0.25, -0.2) is 15.0 Å². The molecule has 0 radical (unpaired) electrons. The minimum atomic E-state index is -0.161. The number of nitrogens with one attached hydrogen (secondary N) is 1. The fourth-order valence-corrected chi connectivity index (χ4v) is 3.10. The van der Waals surface area contributed by atoms with Crippen molar-refractivity contribution in [2.24, 2.45) is 0 Å². The van der Waals surface area contributed by atoms with Crippen molar-refractivity contribution >= 4 is 11.7 Å². The number of pyridine rings is 1. The van der Waals surface area contributed by atoms with Crippen LogP contribution in [0.25, 0.3) is 0 Å². The molecule has 0 aliphatic rings. The molecule has 0 fully saturated rings. The van der Waals surface area contributed by atoms with Crippen LogP contribution in [0.3, 0.4) is 0 Å². The third-order valence-corrected chi connectivity index (χ3v) is 4.65.